The van der Waals surface area contributed by atoms with Gasteiger partial charge in [-0.05, 0) is 29.3 Å². The Hall–Kier alpha value is -3.51. The van der Waals surface area contributed by atoms with Crippen LogP contribution in [-0.4, -0.2) is 25.5 Å². The fraction of sp³-hybridized carbons (Fsp3) is 0.0909. The van der Waals surface area contributed by atoms with E-state index in [0.717, 1.165) is 11.1 Å². The van der Waals surface area contributed by atoms with E-state index in [4.69, 9.17) is 25.8 Å². The molecule has 6 nitrogen and oxygen atoms in total. The summed E-state index contributed by atoms with van der Waals surface area (Å²) in [5, 5.41) is 4.35. The third-order valence-electron chi connectivity index (χ3n) is 4.22. The van der Waals surface area contributed by atoms with E-state index in [1.54, 1.807) is 12.1 Å². The molecule has 0 radical (unpaired) electrons. The molecule has 29 heavy (non-hydrogen) atoms. The zero-order valence-electron chi connectivity index (χ0n) is 15.3. The Bertz CT molecular complexity index is 1040. The first-order valence-electron chi connectivity index (χ1n) is 8.88. The van der Waals surface area contributed by atoms with Gasteiger partial charge in [0.1, 0.15) is 5.75 Å². The Labute approximate surface area is 172 Å². The van der Waals surface area contributed by atoms with Crippen LogP contribution in [0.4, 0.5) is 0 Å². The summed E-state index contributed by atoms with van der Waals surface area (Å²) in [6.45, 7) is 0.00353. The second kappa shape index (κ2) is 8.67. The average molecular weight is 409 g/mol. The quantitative estimate of drug-likeness (QED) is 0.488. The summed E-state index contributed by atoms with van der Waals surface area (Å²) in [4.78, 5) is 11.9. The van der Waals surface area contributed by atoms with Crippen molar-refractivity contribution in [3.63, 3.8) is 0 Å². The van der Waals surface area contributed by atoms with Gasteiger partial charge in [0, 0.05) is 11.6 Å². The molecule has 3 aromatic rings. The molecule has 0 saturated heterocycles. The van der Waals surface area contributed by atoms with Crippen molar-refractivity contribution in [3.05, 3.63) is 77.3 Å². The fourth-order valence-corrected chi connectivity index (χ4v) is 2.96. The van der Waals surface area contributed by atoms with Crippen LogP contribution >= 0.6 is 11.6 Å². The van der Waals surface area contributed by atoms with Crippen molar-refractivity contribution < 1.29 is 19.0 Å². The van der Waals surface area contributed by atoms with Crippen molar-refractivity contribution >= 4 is 23.7 Å². The predicted octanol–water partition coefficient (Wildman–Crippen LogP) is 4.26. The molecule has 0 aromatic heterocycles. The molecule has 1 heterocycles. The SMILES string of the molecule is O=C(COc1ccc(-c2ccccc2)cc1)N/N=C/c1cc2c(cc1Cl)OCO2. The number of hydrazone groups is 1. The number of carbonyl (C=O) groups excluding carboxylic acids is 1. The number of carbonyl (C=O) groups is 1. The minimum absolute atomic E-state index is 0.156. The van der Waals surface area contributed by atoms with Crippen molar-refractivity contribution in [3.8, 4) is 28.4 Å². The zero-order chi connectivity index (χ0) is 20.1. The topological polar surface area (TPSA) is 69.2 Å². The van der Waals surface area contributed by atoms with Crippen molar-refractivity contribution in [2.75, 3.05) is 13.4 Å². The molecule has 7 heteroatoms. The van der Waals surface area contributed by atoms with Crippen LogP contribution in [0.5, 0.6) is 17.2 Å². The smallest absolute Gasteiger partial charge is 0.277 e. The molecule has 3 aromatic carbocycles. The molecule has 0 atom stereocenters. The Morgan fingerprint density at radius 3 is 2.48 bits per heavy atom. The summed E-state index contributed by atoms with van der Waals surface area (Å²) in [7, 11) is 0. The van der Waals surface area contributed by atoms with Crippen LogP contribution in [0.2, 0.25) is 5.02 Å². The highest BCUT2D eigenvalue weighted by Gasteiger charge is 2.15. The lowest BCUT2D eigenvalue weighted by Crippen LogP contribution is -2.24. The van der Waals surface area contributed by atoms with E-state index in [1.807, 2.05) is 54.6 Å². The number of amides is 1. The minimum Gasteiger partial charge on any atom is -0.484 e. The first-order chi connectivity index (χ1) is 14.2. The Morgan fingerprint density at radius 1 is 1.03 bits per heavy atom. The summed E-state index contributed by atoms with van der Waals surface area (Å²) >= 11 is 6.16. The number of rotatable bonds is 6. The number of hydrogen-bond donors (Lipinski definition) is 1. The first-order valence-corrected chi connectivity index (χ1v) is 9.26. The molecular weight excluding hydrogens is 392 g/mol. The van der Waals surface area contributed by atoms with E-state index < -0.39 is 0 Å². The van der Waals surface area contributed by atoms with Gasteiger partial charge in [-0.25, -0.2) is 5.43 Å². The van der Waals surface area contributed by atoms with Crippen molar-refractivity contribution in [2.45, 2.75) is 0 Å². The molecule has 0 aliphatic carbocycles. The molecule has 0 bridgehead atoms. The van der Waals surface area contributed by atoms with Gasteiger partial charge in [-0.15, -0.1) is 0 Å². The molecule has 1 amide bonds. The summed E-state index contributed by atoms with van der Waals surface area (Å²) < 4.78 is 16.0. The molecule has 0 fully saturated rings. The monoisotopic (exact) mass is 408 g/mol. The Balaban J connectivity index is 1.29. The van der Waals surface area contributed by atoms with Crippen LogP contribution in [0.3, 0.4) is 0 Å². The lowest BCUT2D eigenvalue weighted by atomic mass is 10.1. The van der Waals surface area contributed by atoms with Crippen LogP contribution in [-0.2, 0) is 4.79 Å². The van der Waals surface area contributed by atoms with Gasteiger partial charge in [0.2, 0.25) is 6.79 Å². The summed E-state index contributed by atoms with van der Waals surface area (Å²) in [6.07, 6.45) is 1.44. The highest BCUT2D eigenvalue weighted by molar-refractivity contribution is 6.33. The summed E-state index contributed by atoms with van der Waals surface area (Å²) in [5.41, 5.74) is 5.21. The third-order valence-corrected chi connectivity index (χ3v) is 4.54. The lowest BCUT2D eigenvalue weighted by Gasteiger charge is -2.07. The number of halogens is 1. The number of nitrogens with zero attached hydrogens (tertiary/aromatic N) is 1. The van der Waals surface area contributed by atoms with E-state index in [-0.39, 0.29) is 19.3 Å². The number of ether oxygens (including phenoxy) is 3. The third kappa shape index (κ3) is 4.67. The Morgan fingerprint density at radius 2 is 1.72 bits per heavy atom. The fourth-order valence-electron chi connectivity index (χ4n) is 2.76. The van der Waals surface area contributed by atoms with Gasteiger partial charge in [-0.2, -0.15) is 5.10 Å². The van der Waals surface area contributed by atoms with Crippen LogP contribution in [0.15, 0.2) is 71.8 Å². The normalized spacial score (nSPS) is 12.2. The second-order valence-electron chi connectivity index (χ2n) is 6.20. The predicted molar refractivity (Wildman–Crippen MR) is 111 cm³/mol. The summed E-state index contributed by atoms with van der Waals surface area (Å²) in [5.74, 6) is 1.39. The first kappa shape index (κ1) is 18.8. The minimum atomic E-state index is -0.384. The van der Waals surface area contributed by atoms with E-state index in [9.17, 15) is 4.79 Å². The van der Waals surface area contributed by atoms with Gasteiger partial charge in [0.15, 0.2) is 18.1 Å². The molecule has 146 valence electrons. The van der Waals surface area contributed by atoms with Crippen LogP contribution in [0, 0.1) is 0 Å². The molecule has 4 rings (SSSR count). The van der Waals surface area contributed by atoms with Gasteiger partial charge in [-0.3, -0.25) is 4.79 Å². The maximum absolute atomic E-state index is 11.9. The maximum Gasteiger partial charge on any atom is 0.277 e. The van der Waals surface area contributed by atoms with E-state index in [1.165, 1.54) is 6.21 Å². The largest absolute Gasteiger partial charge is 0.484 e. The molecule has 0 spiro atoms. The number of benzene rings is 3. The van der Waals surface area contributed by atoms with Crippen molar-refractivity contribution in [2.24, 2.45) is 5.10 Å². The molecule has 0 saturated carbocycles. The highest BCUT2D eigenvalue weighted by Crippen LogP contribution is 2.36. The van der Waals surface area contributed by atoms with Crippen LogP contribution in [0.1, 0.15) is 5.56 Å². The molecule has 1 aliphatic heterocycles. The zero-order valence-corrected chi connectivity index (χ0v) is 16.1. The number of hydrogen-bond acceptors (Lipinski definition) is 5. The standard InChI is InChI=1S/C22H17ClN2O4/c23-19-11-21-20(28-14-29-21)10-17(19)12-24-25-22(26)13-27-18-8-6-16(7-9-18)15-4-2-1-3-5-15/h1-12H,13-14H2,(H,25,26)/b24-12+. The van der Waals surface area contributed by atoms with E-state index in [2.05, 4.69) is 10.5 Å². The van der Waals surface area contributed by atoms with Crippen molar-refractivity contribution in [1.82, 2.24) is 5.43 Å². The molecule has 1 aliphatic rings. The van der Waals surface area contributed by atoms with Gasteiger partial charge < -0.3 is 14.2 Å². The van der Waals surface area contributed by atoms with Gasteiger partial charge in [0.25, 0.3) is 5.91 Å². The molecule has 0 unspecified atom stereocenters. The molecular formula is C22H17ClN2O4. The van der Waals surface area contributed by atoms with Crippen molar-refractivity contribution in [1.29, 1.82) is 0 Å². The van der Waals surface area contributed by atoms with Crippen LogP contribution < -0.4 is 19.6 Å². The van der Waals surface area contributed by atoms with Gasteiger partial charge >= 0.3 is 0 Å². The second-order valence-corrected chi connectivity index (χ2v) is 6.61. The number of nitrogens with one attached hydrogen (secondary N) is 1. The van der Waals surface area contributed by atoms with Gasteiger partial charge in [0.05, 0.1) is 11.2 Å². The molecule has 1 N–H and O–H groups in total. The maximum atomic E-state index is 11.9. The number of fused-ring (bicyclic) bond motifs is 1. The average Bonchev–Trinajstić information content (AvgIpc) is 3.20. The van der Waals surface area contributed by atoms with E-state index in [0.29, 0.717) is 27.8 Å². The highest BCUT2D eigenvalue weighted by atomic mass is 35.5. The Kier molecular flexibility index (Phi) is 5.63. The lowest BCUT2D eigenvalue weighted by molar-refractivity contribution is -0.123. The van der Waals surface area contributed by atoms with Gasteiger partial charge in [-0.1, -0.05) is 54.1 Å². The van der Waals surface area contributed by atoms with E-state index >= 15 is 0 Å². The van der Waals surface area contributed by atoms with Crippen LogP contribution in [0.25, 0.3) is 11.1 Å². The summed E-state index contributed by atoms with van der Waals surface area (Å²) in [6, 6.07) is 20.9.